The smallest absolute Gasteiger partial charge is 0.326 e. The van der Waals surface area contributed by atoms with Gasteiger partial charge in [0.25, 0.3) is 0 Å². The van der Waals surface area contributed by atoms with Gasteiger partial charge in [-0.2, -0.15) is 0 Å². The molecule has 8 N–H and O–H groups in total. The number of benzene rings is 1. The zero-order valence-corrected chi connectivity index (χ0v) is 21.5. The van der Waals surface area contributed by atoms with E-state index in [1.165, 1.54) is 19.1 Å². The van der Waals surface area contributed by atoms with Gasteiger partial charge in [-0.15, -0.1) is 0 Å². The van der Waals surface area contributed by atoms with Crippen LogP contribution in [0, 0.1) is 11.8 Å². The van der Waals surface area contributed by atoms with Crippen molar-refractivity contribution >= 4 is 23.7 Å². The molecule has 0 spiro atoms. The molecule has 1 rings (SSSR count). The van der Waals surface area contributed by atoms with E-state index in [-0.39, 0.29) is 36.8 Å². The summed E-state index contributed by atoms with van der Waals surface area (Å²) < 4.78 is 0. The number of aliphatic hydroxyl groups excluding tert-OH is 1. The van der Waals surface area contributed by atoms with Crippen molar-refractivity contribution in [2.75, 3.05) is 0 Å². The lowest BCUT2D eigenvalue weighted by Gasteiger charge is -2.26. The fourth-order valence-corrected chi connectivity index (χ4v) is 3.50. The van der Waals surface area contributed by atoms with Crippen LogP contribution in [0.3, 0.4) is 0 Å². The van der Waals surface area contributed by atoms with E-state index >= 15 is 0 Å². The summed E-state index contributed by atoms with van der Waals surface area (Å²) in [5, 5.41) is 36.4. The monoisotopic (exact) mass is 508 g/mol. The van der Waals surface area contributed by atoms with Crippen LogP contribution in [-0.4, -0.2) is 69.3 Å². The number of hydrogen-bond acceptors (Lipinski definition) is 7. The van der Waals surface area contributed by atoms with Gasteiger partial charge in [0, 0.05) is 6.42 Å². The van der Waals surface area contributed by atoms with Gasteiger partial charge in [-0.3, -0.25) is 14.4 Å². The average Bonchev–Trinajstić information content (AvgIpc) is 2.77. The number of phenolic OH excluding ortho intramolecular Hbond substituents is 1. The number of phenols is 1. The first kappa shape index (κ1) is 30.9. The topological polar surface area (TPSA) is 191 Å². The van der Waals surface area contributed by atoms with Gasteiger partial charge in [-0.1, -0.05) is 39.8 Å². The molecule has 0 aliphatic heterocycles. The molecule has 5 unspecified atom stereocenters. The van der Waals surface area contributed by atoms with Gasteiger partial charge in [0.1, 0.15) is 29.9 Å². The molecule has 11 heteroatoms. The summed E-state index contributed by atoms with van der Waals surface area (Å²) in [5.74, 6) is -3.22. The highest BCUT2D eigenvalue weighted by Crippen LogP contribution is 2.13. The Balaban J connectivity index is 3.17. The lowest BCUT2D eigenvalue weighted by molar-refractivity contribution is -0.142. The number of carbonyl (C=O) groups excluding carboxylic acids is 3. The summed E-state index contributed by atoms with van der Waals surface area (Å²) in [6.45, 7) is 8.72. The fourth-order valence-electron chi connectivity index (χ4n) is 3.50. The molecule has 5 atom stereocenters. The maximum absolute atomic E-state index is 13.2. The van der Waals surface area contributed by atoms with Gasteiger partial charge in [0.2, 0.25) is 17.7 Å². The molecule has 202 valence electrons. The van der Waals surface area contributed by atoms with Gasteiger partial charge in [-0.05, 0) is 49.3 Å². The van der Waals surface area contributed by atoms with Crippen molar-refractivity contribution in [3.8, 4) is 5.75 Å². The summed E-state index contributed by atoms with van der Waals surface area (Å²) >= 11 is 0. The first-order chi connectivity index (χ1) is 16.7. The predicted molar refractivity (Wildman–Crippen MR) is 134 cm³/mol. The number of nitrogens with two attached hydrogens (primary N) is 1. The van der Waals surface area contributed by atoms with Crippen molar-refractivity contribution in [3.05, 3.63) is 29.8 Å². The highest BCUT2D eigenvalue weighted by Gasteiger charge is 2.31. The minimum absolute atomic E-state index is 0.000277. The number of nitrogens with one attached hydrogen (secondary N) is 3. The number of aliphatic hydroxyl groups is 1. The van der Waals surface area contributed by atoms with E-state index in [4.69, 9.17) is 5.73 Å². The van der Waals surface area contributed by atoms with E-state index in [9.17, 15) is 34.5 Å². The molecule has 0 saturated heterocycles. The Kier molecular flexibility index (Phi) is 12.3. The van der Waals surface area contributed by atoms with Gasteiger partial charge in [-0.25, -0.2) is 4.79 Å². The number of carboxylic acid groups (broad SMARTS) is 1. The zero-order valence-electron chi connectivity index (χ0n) is 21.5. The average molecular weight is 509 g/mol. The summed E-state index contributed by atoms with van der Waals surface area (Å²) in [7, 11) is 0. The van der Waals surface area contributed by atoms with E-state index < -0.39 is 54.0 Å². The standard InChI is InChI=1S/C25H40N4O7/c1-13(2)10-18(28-24(34)21(26)15(5)30)22(32)27-19(12-16-6-8-17(31)9-7-16)23(33)29-20(25(35)36)11-14(3)4/h6-9,13-15,18-21,30-31H,10-12,26H2,1-5H3,(H,27,32)(H,28,34)(H,29,33)(H,35,36). The quantitative estimate of drug-likeness (QED) is 0.186. The molecular formula is C25H40N4O7. The molecule has 0 aliphatic rings. The molecule has 1 aromatic carbocycles. The first-order valence-corrected chi connectivity index (χ1v) is 12.1. The van der Waals surface area contributed by atoms with Crippen molar-refractivity contribution in [1.82, 2.24) is 16.0 Å². The normalized spacial score (nSPS) is 15.5. The molecule has 0 aliphatic carbocycles. The molecule has 3 amide bonds. The molecule has 0 aromatic heterocycles. The maximum Gasteiger partial charge on any atom is 0.326 e. The highest BCUT2D eigenvalue weighted by molar-refractivity contribution is 5.94. The van der Waals surface area contributed by atoms with Crippen LogP contribution in [-0.2, 0) is 25.6 Å². The third-order valence-corrected chi connectivity index (χ3v) is 5.49. The second-order valence-corrected chi connectivity index (χ2v) is 9.92. The largest absolute Gasteiger partial charge is 0.508 e. The van der Waals surface area contributed by atoms with Crippen molar-refractivity contribution in [2.24, 2.45) is 17.6 Å². The van der Waals surface area contributed by atoms with E-state index in [0.29, 0.717) is 5.56 Å². The molecule has 0 heterocycles. The minimum atomic E-state index is -1.24. The predicted octanol–water partition coefficient (Wildman–Crippen LogP) is 0.274. The van der Waals surface area contributed by atoms with E-state index in [0.717, 1.165) is 0 Å². The number of aromatic hydroxyl groups is 1. The van der Waals surface area contributed by atoms with Crippen LogP contribution in [0.1, 0.15) is 53.0 Å². The number of rotatable bonds is 14. The van der Waals surface area contributed by atoms with Crippen LogP contribution in [0.5, 0.6) is 5.75 Å². The first-order valence-electron chi connectivity index (χ1n) is 12.1. The second-order valence-electron chi connectivity index (χ2n) is 9.92. The molecule has 11 nitrogen and oxygen atoms in total. The molecule has 0 radical (unpaired) electrons. The maximum atomic E-state index is 13.2. The third-order valence-electron chi connectivity index (χ3n) is 5.49. The van der Waals surface area contributed by atoms with Crippen LogP contribution in [0.25, 0.3) is 0 Å². The lowest BCUT2D eigenvalue weighted by atomic mass is 9.99. The number of aliphatic carboxylic acids is 1. The molecule has 1 aromatic rings. The van der Waals surface area contributed by atoms with Crippen molar-refractivity contribution < 1.29 is 34.5 Å². The Labute approximate surface area is 211 Å². The number of hydrogen-bond donors (Lipinski definition) is 7. The van der Waals surface area contributed by atoms with Crippen molar-refractivity contribution in [1.29, 1.82) is 0 Å². The summed E-state index contributed by atoms with van der Waals surface area (Å²) in [5.41, 5.74) is 6.31. The van der Waals surface area contributed by atoms with E-state index in [2.05, 4.69) is 16.0 Å². The van der Waals surface area contributed by atoms with Crippen LogP contribution >= 0.6 is 0 Å². The zero-order chi connectivity index (χ0) is 27.6. The number of carboxylic acids is 1. The van der Waals surface area contributed by atoms with Crippen LogP contribution in [0.15, 0.2) is 24.3 Å². The van der Waals surface area contributed by atoms with Gasteiger partial charge < -0.3 is 37.0 Å². The Hall–Kier alpha value is -3.18. The van der Waals surface area contributed by atoms with E-state index in [1.54, 1.807) is 12.1 Å². The number of carbonyl (C=O) groups is 4. The summed E-state index contributed by atoms with van der Waals surface area (Å²) in [6.07, 6.45) is -0.677. The molecular weight excluding hydrogens is 468 g/mol. The van der Waals surface area contributed by atoms with Crippen molar-refractivity contribution in [3.63, 3.8) is 0 Å². The fraction of sp³-hybridized carbons (Fsp3) is 0.600. The van der Waals surface area contributed by atoms with E-state index in [1.807, 2.05) is 27.7 Å². The Morgan fingerprint density at radius 2 is 1.22 bits per heavy atom. The Morgan fingerprint density at radius 3 is 1.69 bits per heavy atom. The molecule has 0 bridgehead atoms. The Morgan fingerprint density at radius 1 is 0.778 bits per heavy atom. The number of amides is 3. The van der Waals surface area contributed by atoms with Gasteiger partial charge in [0.15, 0.2) is 0 Å². The lowest BCUT2D eigenvalue weighted by Crippen LogP contribution is -2.58. The summed E-state index contributed by atoms with van der Waals surface area (Å²) in [6, 6.07) is 1.45. The minimum Gasteiger partial charge on any atom is -0.508 e. The van der Waals surface area contributed by atoms with Crippen LogP contribution < -0.4 is 21.7 Å². The molecule has 0 fully saturated rings. The van der Waals surface area contributed by atoms with Gasteiger partial charge in [0.05, 0.1) is 6.10 Å². The van der Waals surface area contributed by atoms with Gasteiger partial charge >= 0.3 is 5.97 Å². The highest BCUT2D eigenvalue weighted by atomic mass is 16.4. The second kappa shape index (κ2) is 14.4. The van der Waals surface area contributed by atoms with Crippen LogP contribution in [0.4, 0.5) is 0 Å². The third kappa shape index (κ3) is 10.6. The SMILES string of the molecule is CC(C)CC(NC(=O)C(Cc1ccc(O)cc1)NC(=O)C(CC(C)C)NC(=O)C(N)C(C)O)C(=O)O. The Bertz CT molecular complexity index is 887. The van der Waals surface area contributed by atoms with Crippen molar-refractivity contribution in [2.45, 2.75) is 84.2 Å². The summed E-state index contributed by atoms with van der Waals surface area (Å²) in [4.78, 5) is 50.4. The molecule has 0 saturated carbocycles. The molecule has 36 heavy (non-hydrogen) atoms. The van der Waals surface area contributed by atoms with Crippen LogP contribution in [0.2, 0.25) is 0 Å².